The van der Waals surface area contributed by atoms with Crippen molar-refractivity contribution in [3.63, 3.8) is 0 Å². The quantitative estimate of drug-likeness (QED) is 0.751. The Kier molecular flexibility index (Phi) is 3.88. The highest BCUT2D eigenvalue weighted by Crippen LogP contribution is 2.25. The fraction of sp³-hybridized carbons (Fsp3) is 0.533. The third kappa shape index (κ3) is 2.76. The Bertz CT molecular complexity index is 534. The molecule has 21 heavy (non-hydrogen) atoms. The van der Waals surface area contributed by atoms with Crippen LogP contribution < -0.4 is 0 Å². The molecule has 1 aromatic rings. The van der Waals surface area contributed by atoms with Crippen LogP contribution in [0.1, 0.15) is 16.9 Å². The van der Waals surface area contributed by atoms with E-state index in [1.807, 2.05) is 6.07 Å². The molecule has 0 radical (unpaired) electrons. The van der Waals surface area contributed by atoms with Crippen molar-refractivity contribution in [2.24, 2.45) is 5.92 Å². The first-order valence-electron chi connectivity index (χ1n) is 7.20. The van der Waals surface area contributed by atoms with E-state index in [4.69, 9.17) is 4.74 Å². The molecule has 0 unspecified atom stereocenters. The molecule has 0 spiro atoms. The summed E-state index contributed by atoms with van der Waals surface area (Å²) in [5, 5.41) is 0. The summed E-state index contributed by atoms with van der Waals surface area (Å²) in [6.07, 6.45) is 2.47. The number of fused-ring (bicyclic) bond motifs is 1. The first-order chi connectivity index (χ1) is 10.2. The Balaban J connectivity index is 1.76. The first-order valence-corrected chi connectivity index (χ1v) is 7.20. The summed E-state index contributed by atoms with van der Waals surface area (Å²) in [7, 11) is 1.80. The molecule has 2 amide bonds. The van der Waals surface area contributed by atoms with Gasteiger partial charge in [-0.1, -0.05) is 6.07 Å². The Hall–Kier alpha value is -1.95. The van der Waals surface area contributed by atoms with Gasteiger partial charge in [0.25, 0.3) is 5.91 Å². The molecule has 2 atom stereocenters. The Morgan fingerprint density at radius 2 is 2.29 bits per heavy atom. The van der Waals surface area contributed by atoms with Gasteiger partial charge in [0.2, 0.25) is 5.91 Å². The van der Waals surface area contributed by atoms with Crippen molar-refractivity contribution < 1.29 is 14.3 Å². The second-order valence-electron chi connectivity index (χ2n) is 5.60. The SMILES string of the molecule is CN1C(=O)COC[C@@H]2CCN(C(=O)c3ccccn3)C[C@@H]21. The molecule has 0 bridgehead atoms. The van der Waals surface area contributed by atoms with Crippen LogP contribution in [-0.2, 0) is 9.53 Å². The molecule has 112 valence electrons. The van der Waals surface area contributed by atoms with E-state index in [2.05, 4.69) is 4.98 Å². The average Bonchev–Trinajstić information content (AvgIpc) is 2.67. The number of carbonyl (C=O) groups is 2. The van der Waals surface area contributed by atoms with Gasteiger partial charge in [-0.15, -0.1) is 0 Å². The number of amides is 2. The van der Waals surface area contributed by atoms with Gasteiger partial charge in [0.1, 0.15) is 12.3 Å². The number of likely N-dealkylation sites (tertiary alicyclic amines) is 1. The van der Waals surface area contributed by atoms with Gasteiger partial charge in [0, 0.05) is 32.3 Å². The maximum Gasteiger partial charge on any atom is 0.272 e. The first kappa shape index (κ1) is 14.0. The van der Waals surface area contributed by atoms with Gasteiger partial charge in [-0.25, -0.2) is 0 Å². The summed E-state index contributed by atoms with van der Waals surface area (Å²) >= 11 is 0. The lowest BCUT2D eigenvalue weighted by atomic mass is 9.91. The van der Waals surface area contributed by atoms with Gasteiger partial charge in [0.05, 0.1) is 12.6 Å². The largest absolute Gasteiger partial charge is 0.371 e. The molecule has 0 aliphatic carbocycles. The molecule has 0 aromatic carbocycles. The summed E-state index contributed by atoms with van der Waals surface area (Å²) < 4.78 is 5.42. The minimum absolute atomic E-state index is 0.0189. The van der Waals surface area contributed by atoms with Gasteiger partial charge >= 0.3 is 0 Å². The van der Waals surface area contributed by atoms with Crippen LogP contribution in [0.25, 0.3) is 0 Å². The predicted molar refractivity (Wildman–Crippen MR) is 75.6 cm³/mol. The van der Waals surface area contributed by atoms with E-state index in [1.165, 1.54) is 0 Å². The monoisotopic (exact) mass is 289 g/mol. The van der Waals surface area contributed by atoms with Gasteiger partial charge in [-0.05, 0) is 18.6 Å². The van der Waals surface area contributed by atoms with Crippen LogP contribution >= 0.6 is 0 Å². The smallest absolute Gasteiger partial charge is 0.272 e. The lowest BCUT2D eigenvalue weighted by Crippen LogP contribution is -2.54. The Labute approximate surface area is 123 Å². The molecule has 3 rings (SSSR count). The molecular weight excluding hydrogens is 270 g/mol. The van der Waals surface area contributed by atoms with Crippen LogP contribution in [0.5, 0.6) is 0 Å². The van der Waals surface area contributed by atoms with Gasteiger partial charge in [-0.2, -0.15) is 0 Å². The van der Waals surface area contributed by atoms with Crippen LogP contribution in [0.2, 0.25) is 0 Å². The number of nitrogens with zero attached hydrogens (tertiary/aromatic N) is 3. The summed E-state index contributed by atoms with van der Waals surface area (Å²) in [4.78, 5) is 32.0. The average molecular weight is 289 g/mol. The summed E-state index contributed by atoms with van der Waals surface area (Å²) in [6, 6.07) is 5.35. The predicted octanol–water partition coefficient (Wildman–Crippen LogP) is 0.401. The van der Waals surface area contributed by atoms with Crippen molar-refractivity contribution in [1.82, 2.24) is 14.8 Å². The third-order valence-corrected chi connectivity index (χ3v) is 4.34. The fourth-order valence-electron chi connectivity index (χ4n) is 3.03. The number of likely N-dealkylation sites (N-methyl/N-ethyl adjacent to an activating group) is 1. The van der Waals surface area contributed by atoms with Crippen molar-refractivity contribution in [1.29, 1.82) is 0 Å². The van der Waals surface area contributed by atoms with Gasteiger partial charge in [-0.3, -0.25) is 14.6 Å². The van der Waals surface area contributed by atoms with Crippen LogP contribution in [0.4, 0.5) is 0 Å². The highest BCUT2D eigenvalue weighted by atomic mass is 16.5. The van der Waals surface area contributed by atoms with Crippen LogP contribution in [0.15, 0.2) is 24.4 Å². The van der Waals surface area contributed by atoms with Crippen LogP contribution in [0.3, 0.4) is 0 Å². The second-order valence-corrected chi connectivity index (χ2v) is 5.60. The van der Waals surface area contributed by atoms with E-state index in [0.717, 1.165) is 6.42 Å². The Morgan fingerprint density at radius 3 is 3.05 bits per heavy atom. The number of carbonyl (C=O) groups excluding carboxylic acids is 2. The lowest BCUT2D eigenvalue weighted by Gasteiger charge is -2.40. The number of piperidine rings is 1. The standard InChI is InChI=1S/C15H19N3O3/c1-17-13-8-18(15(20)12-4-2-3-6-16-12)7-5-11(13)9-21-10-14(17)19/h2-4,6,11,13H,5,7-10H2,1H3/t11-,13-/m0/s1. The van der Waals surface area contributed by atoms with Crippen molar-refractivity contribution in [2.45, 2.75) is 12.5 Å². The summed E-state index contributed by atoms with van der Waals surface area (Å²) in [6.45, 7) is 1.96. The number of ether oxygens (including phenoxy) is 1. The molecule has 2 aliphatic heterocycles. The number of hydrogen-bond acceptors (Lipinski definition) is 4. The molecular formula is C15H19N3O3. The molecule has 0 N–H and O–H groups in total. The minimum atomic E-state index is -0.0694. The van der Waals surface area contributed by atoms with Crippen LogP contribution in [0, 0.1) is 5.92 Å². The van der Waals surface area contributed by atoms with Crippen molar-refractivity contribution in [2.75, 3.05) is 33.4 Å². The van der Waals surface area contributed by atoms with Crippen LogP contribution in [-0.4, -0.2) is 66.0 Å². The van der Waals surface area contributed by atoms with Gasteiger partial charge in [0.15, 0.2) is 0 Å². The zero-order valence-electron chi connectivity index (χ0n) is 12.1. The third-order valence-electron chi connectivity index (χ3n) is 4.34. The molecule has 3 heterocycles. The van der Waals surface area contributed by atoms with E-state index >= 15 is 0 Å². The number of aromatic nitrogens is 1. The maximum absolute atomic E-state index is 12.5. The maximum atomic E-state index is 12.5. The topological polar surface area (TPSA) is 62.7 Å². The van der Waals surface area contributed by atoms with E-state index in [1.54, 1.807) is 35.2 Å². The molecule has 2 saturated heterocycles. The van der Waals surface area contributed by atoms with Crippen molar-refractivity contribution >= 4 is 11.8 Å². The zero-order valence-corrected chi connectivity index (χ0v) is 12.1. The number of pyridine rings is 1. The molecule has 6 nitrogen and oxygen atoms in total. The minimum Gasteiger partial charge on any atom is -0.371 e. The molecule has 6 heteroatoms. The molecule has 1 aromatic heterocycles. The normalized spacial score (nSPS) is 26.2. The summed E-state index contributed by atoms with van der Waals surface area (Å²) in [5.74, 6) is 0.212. The fourth-order valence-corrected chi connectivity index (χ4v) is 3.03. The molecule has 2 aliphatic rings. The number of rotatable bonds is 1. The summed E-state index contributed by atoms with van der Waals surface area (Å²) in [5.41, 5.74) is 0.454. The highest BCUT2D eigenvalue weighted by Gasteiger charge is 2.38. The molecule has 2 fully saturated rings. The van der Waals surface area contributed by atoms with Gasteiger partial charge < -0.3 is 14.5 Å². The van der Waals surface area contributed by atoms with E-state index in [9.17, 15) is 9.59 Å². The molecule has 0 saturated carbocycles. The highest BCUT2D eigenvalue weighted by molar-refractivity contribution is 5.92. The zero-order chi connectivity index (χ0) is 14.8. The Morgan fingerprint density at radius 1 is 1.43 bits per heavy atom. The lowest BCUT2D eigenvalue weighted by molar-refractivity contribution is -0.134. The van der Waals surface area contributed by atoms with E-state index < -0.39 is 0 Å². The van der Waals surface area contributed by atoms with E-state index in [-0.39, 0.29) is 24.5 Å². The second kappa shape index (κ2) is 5.81. The number of hydrogen-bond donors (Lipinski definition) is 0. The van der Waals surface area contributed by atoms with E-state index in [0.29, 0.717) is 31.3 Å². The van der Waals surface area contributed by atoms with Crippen molar-refractivity contribution in [3.8, 4) is 0 Å². The van der Waals surface area contributed by atoms with Crippen molar-refractivity contribution in [3.05, 3.63) is 30.1 Å².